The van der Waals surface area contributed by atoms with Gasteiger partial charge in [0.25, 0.3) is 0 Å². The number of hydrogen-bond donors (Lipinski definition) is 2. The van der Waals surface area contributed by atoms with Gasteiger partial charge in [-0.25, -0.2) is 0 Å². The van der Waals surface area contributed by atoms with Crippen molar-refractivity contribution in [3.05, 3.63) is 95.1 Å². The van der Waals surface area contributed by atoms with Gasteiger partial charge in [-0.1, -0.05) is 66.2 Å². The summed E-state index contributed by atoms with van der Waals surface area (Å²) in [6.07, 6.45) is 1.95. The molecule has 4 rings (SSSR count). The molecule has 1 aromatic heterocycles. The molecule has 0 fully saturated rings. The molecule has 0 aliphatic heterocycles. The lowest BCUT2D eigenvalue weighted by Crippen LogP contribution is -2.28. The third kappa shape index (κ3) is 4.50. The Balaban J connectivity index is 1.37. The number of nitrogens with one attached hydrogen (secondary N) is 2. The quantitative estimate of drug-likeness (QED) is 0.445. The number of hydrogen-bond acceptors (Lipinski definition) is 2. The van der Waals surface area contributed by atoms with Gasteiger partial charge in [0, 0.05) is 23.8 Å². The highest BCUT2D eigenvalue weighted by Crippen LogP contribution is 2.19. The van der Waals surface area contributed by atoms with Gasteiger partial charge in [0.15, 0.2) is 10.9 Å². The second-order valence-electron chi connectivity index (χ2n) is 6.47. The molecule has 0 spiro atoms. The standard InChI is InChI=1S/C22H19ClN4S/c23-19-10-8-16(9-11-19)14-24-22(28)25-21-12-13-27(26-21)15-18-6-3-5-17-4-1-2-7-20(17)18/h1-13H,14-15H2,(H2,24,25,26,28). The molecular formula is C22H19ClN4S. The summed E-state index contributed by atoms with van der Waals surface area (Å²) in [6, 6.07) is 24.3. The fraction of sp³-hybridized carbons (Fsp3) is 0.0909. The summed E-state index contributed by atoms with van der Waals surface area (Å²) in [5.41, 5.74) is 2.34. The fourth-order valence-electron chi connectivity index (χ4n) is 3.07. The van der Waals surface area contributed by atoms with E-state index >= 15 is 0 Å². The maximum Gasteiger partial charge on any atom is 0.172 e. The Morgan fingerprint density at radius 1 is 0.964 bits per heavy atom. The third-order valence-corrected chi connectivity index (χ3v) is 4.96. The summed E-state index contributed by atoms with van der Waals surface area (Å²) in [5, 5.41) is 14.6. The zero-order valence-corrected chi connectivity index (χ0v) is 16.7. The molecule has 140 valence electrons. The van der Waals surface area contributed by atoms with E-state index in [2.05, 4.69) is 58.2 Å². The minimum atomic E-state index is 0.533. The van der Waals surface area contributed by atoms with Crippen LogP contribution in [0.3, 0.4) is 0 Å². The summed E-state index contributed by atoms with van der Waals surface area (Å²) < 4.78 is 1.91. The Labute approximate surface area is 174 Å². The first-order valence-electron chi connectivity index (χ1n) is 8.97. The van der Waals surface area contributed by atoms with E-state index in [1.54, 1.807) is 0 Å². The molecule has 0 aliphatic rings. The van der Waals surface area contributed by atoms with Crippen molar-refractivity contribution >= 4 is 45.5 Å². The minimum absolute atomic E-state index is 0.533. The average molecular weight is 407 g/mol. The largest absolute Gasteiger partial charge is 0.358 e. The molecule has 6 heteroatoms. The van der Waals surface area contributed by atoms with Gasteiger partial charge in [-0.3, -0.25) is 4.68 Å². The minimum Gasteiger partial charge on any atom is -0.358 e. The van der Waals surface area contributed by atoms with Gasteiger partial charge in [0.2, 0.25) is 0 Å². The maximum absolute atomic E-state index is 5.91. The van der Waals surface area contributed by atoms with Crippen LogP contribution in [0.5, 0.6) is 0 Å². The Bertz CT molecular complexity index is 1100. The van der Waals surface area contributed by atoms with Crippen molar-refractivity contribution in [2.75, 3.05) is 5.32 Å². The molecule has 0 bridgehead atoms. The topological polar surface area (TPSA) is 41.9 Å². The van der Waals surface area contributed by atoms with E-state index in [0.717, 1.165) is 10.6 Å². The Hall–Kier alpha value is -2.89. The van der Waals surface area contributed by atoms with Crippen LogP contribution < -0.4 is 10.6 Å². The highest BCUT2D eigenvalue weighted by atomic mass is 35.5. The molecule has 1 heterocycles. The van der Waals surface area contributed by atoms with Crippen molar-refractivity contribution in [3.8, 4) is 0 Å². The van der Waals surface area contributed by atoms with E-state index in [4.69, 9.17) is 23.8 Å². The SMILES string of the molecule is S=C(NCc1ccc(Cl)cc1)Nc1ccn(Cc2cccc3ccccc23)n1. The molecule has 0 radical (unpaired) electrons. The third-order valence-electron chi connectivity index (χ3n) is 4.46. The number of anilines is 1. The first kappa shape index (κ1) is 18.5. The molecule has 0 amide bonds. The van der Waals surface area contributed by atoms with Crippen LogP contribution in [0.1, 0.15) is 11.1 Å². The van der Waals surface area contributed by atoms with Gasteiger partial charge < -0.3 is 10.6 Å². The highest BCUT2D eigenvalue weighted by molar-refractivity contribution is 7.80. The van der Waals surface area contributed by atoms with Gasteiger partial charge in [-0.15, -0.1) is 0 Å². The first-order valence-corrected chi connectivity index (χ1v) is 9.75. The average Bonchev–Trinajstić information content (AvgIpc) is 3.14. The molecule has 2 N–H and O–H groups in total. The van der Waals surface area contributed by atoms with Crippen molar-refractivity contribution < 1.29 is 0 Å². The molecule has 0 aliphatic carbocycles. The lowest BCUT2D eigenvalue weighted by Gasteiger charge is -2.09. The van der Waals surface area contributed by atoms with Crippen LogP contribution in [0, 0.1) is 0 Å². The summed E-state index contributed by atoms with van der Waals surface area (Å²) in [4.78, 5) is 0. The second-order valence-corrected chi connectivity index (χ2v) is 7.32. The van der Waals surface area contributed by atoms with E-state index < -0.39 is 0 Å². The molecule has 0 atom stereocenters. The Morgan fingerprint density at radius 2 is 1.75 bits per heavy atom. The highest BCUT2D eigenvalue weighted by Gasteiger charge is 2.05. The molecule has 0 saturated heterocycles. The van der Waals surface area contributed by atoms with Crippen LogP contribution in [0.2, 0.25) is 5.02 Å². The number of fused-ring (bicyclic) bond motifs is 1. The molecular weight excluding hydrogens is 388 g/mol. The zero-order valence-electron chi connectivity index (χ0n) is 15.1. The van der Waals surface area contributed by atoms with Crippen molar-refractivity contribution in [1.29, 1.82) is 0 Å². The molecule has 4 nitrogen and oxygen atoms in total. The van der Waals surface area contributed by atoms with Crippen LogP contribution in [0.15, 0.2) is 79.0 Å². The summed E-state index contributed by atoms with van der Waals surface area (Å²) >= 11 is 11.3. The number of halogens is 1. The van der Waals surface area contributed by atoms with Crippen LogP contribution in [0.4, 0.5) is 5.82 Å². The molecule has 4 aromatic rings. The number of aromatic nitrogens is 2. The van der Waals surface area contributed by atoms with E-state index in [-0.39, 0.29) is 0 Å². The smallest absolute Gasteiger partial charge is 0.172 e. The van der Waals surface area contributed by atoms with Gasteiger partial charge in [0.05, 0.1) is 6.54 Å². The van der Waals surface area contributed by atoms with Crippen molar-refractivity contribution in [2.24, 2.45) is 0 Å². The molecule has 0 unspecified atom stereocenters. The number of nitrogens with zero attached hydrogens (tertiary/aromatic N) is 2. The zero-order chi connectivity index (χ0) is 19.3. The molecule has 28 heavy (non-hydrogen) atoms. The van der Waals surface area contributed by atoms with Gasteiger partial charge in [0.1, 0.15) is 0 Å². The number of benzene rings is 3. The van der Waals surface area contributed by atoms with E-state index in [9.17, 15) is 0 Å². The van der Waals surface area contributed by atoms with Crippen molar-refractivity contribution in [3.63, 3.8) is 0 Å². The fourth-order valence-corrected chi connectivity index (χ4v) is 3.37. The Kier molecular flexibility index (Phi) is 5.55. The summed E-state index contributed by atoms with van der Waals surface area (Å²) in [7, 11) is 0. The van der Waals surface area contributed by atoms with E-state index in [0.29, 0.717) is 24.0 Å². The predicted octanol–water partition coefficient (Wildman–Crippen LogP) is 5.22. The van der Waals surface area contributed by atoms with Gasteiger partial charge in [-0.2, -0.15) is 5.10 Å². The predicted molar refractivity (Wildman–Crippen MR) is 120 cm³/mol. The van der Waals surface area contributed by atoms with Crippen molar-refractivity contribution in [2.45, 2.75) is 13.1 Å². The van der Waals surface area contributed by atoms with Crippen LogP contribution in [-0.4, -0.2) is 14.9 Å². The molecule has 0 saturated carbocycles. The van der Waals surface area contributed by atoms with Gasteiger partial charge in [-0.05, 0) is 46.2 Å². The first-order chi connectivity index (χ1) is 13.7. The van der Waals surface area contributed by atoms with Crippen LogP contribution >= 0.6 is 23.8 Å². The van der Waals surface area contributed by atoms with Crippen LogP contribution in [0.25, 0.3) is 10.8 Å². The second kappa shape index (κ2) is 8.42. The van der Waals surface area contributed by atoms with Gasteiger partial charge >= 0.3 is 0 Å². The molecule has 3 aromatic carbocycles. The number of rotatable bonds is 5. The lowest BCUT2D eigenvalue weighted by atomic mass is 10.0. The lowest BCUT2D eigenvalue weighted by molar-refractivity contribution is 0.693. The Morgan fingerprint density at radius 3 is 2.61 bits per heavy atom. The normalized spacial score (nSPS) is 10.8. The maximum atomic E-state index is 5.91. The van der Waals surface area contributed by atoms with Crippen LogP contribution in [-0.2, 0) is 13.1 Å². The van der Waals surface area contributed by atoms with Crippen molar-refractivity contribution in [1.82, 2.24) is 15.1 Å². The number of thiocarbonyl (C=S) groups is 1. The monoisotopic (exact) mass is 406 g/mol. The summed E-state index contributed by atoms with van der Waals surface area (Å²) in [6.45, 7) is 1.33. The van der Waals surface area contributed by atoms with E-state index in [1.807, 2.05) is 41.2 Å². The van der Waals surface area contributed by atoms with E-state index in [1.165, 1.54) is 16.3 Å². The summed E-state index contributed by atoms with van der Waals surface area (Å²) in [5.74, 6) is 0.717.